The molecule has 0 bridgehead atoms. The number of amides is 1. The van der Waals surface area contributed by atoms with Gasteiger partial charge in [0.15, 0.2) is 0 Å². The molecule has 0 aromatic carbocycles. The first-order valence-electron chi connectivity index (χ1n) is 5.67. The number of hydrogen-bond donors (Lipinski definition) is 2. The van der Waals surface area contributed by atoms with Gasteiger partial charge >= 0.3 is 0 Å². The van der Waals surface area contributed by atoms with Crippen molar-refractivity contribution in [2.24, 2.45) is 0 Å². The van der Waals surface area contributed by atoms with Crippen LogP contribution in [0.15, 0.2) is 6.20 Å². The highest BCUT2D eigenvalue weighted by Gasteiger charge is 2.21. The molecule has 1 fully saturated rings. The van der Waals surface area contributed by atoms with Crippen LogP contribution >= 0.6 is 0 Å². The molecule has 1 amide bonds. The van der Waals surface area contributed by atoms with Crippen LogP contribution < -0.4 is 5.32 Å². The van der Waals surface area contributed by atoms with Gasteiger partial charge in [-0.25, -0.2) is 0 Å². The van der Waals surface area contributed by atoms with Crippen molar-refractivity contribution in [3.63, 3.8) is 0 Å². The first kappa shape index (κ1) is 11.1. The Morgan fingerprint density at radius 2 is 2.50 bits per heavy atom. The SMILES string of the molecule is Cc1[nH]ncc1C(=O)N(C)CC1CCCN1. The number of aromatic nitrogens is 2. The van der Waals surface area contributed by atoms with E-state index >= 15 is 0 Å². The van der Waals surface area contributed by atoms with Crippen molar-refractivity contribution < 1.29 is 4.79 Å². The molecule has 2 heterocycles. The summed E-state index contributed by atoms with van der Waals surface area (Å²) in [6.07, 6.45) is 3.95. The maximum absolute atomic E-state index is 12.1. The lowest BCUT2D eigenvalue weighted by Gasteiger charge is -2.21. The Morgan fingerprint density at radius 1 is 1.69 bits per heavy atom. The second-order valence-electron chi connectivity index (χ2n) is 4.39. The molecule has 0 radical (unpaired) electrons. The third kappa shape index (κ3) is 2.24. The lowest BCUT2D eigenvalue weighted by atomic mass is 10.2. The van der Waals surface area contributed by atoms with Crippen LogP contribution in [0.4, 0.5) is 0 Å². The molecule has 2 N–H and O–H groups in total. The number of nitrogens with zero attached hydrogens (tertiary/aromatic N) is 2. The van der Waals surface area contributed by atoms with Crippen LogP contribution in [0.5, 0.6) is 0 Å². The molecular weight excluding hydrogens is 204 g/mol. The summed E-state index contributed by atoms with van der Waals surface area (Å²) < 4.78 is 0. The average Bonchev–Trinajstić information content (AvgIpc) is 2.88. The van der Waals surface area contributed by atoms with E-state index in [0.717, 1.165) is 25.2 Å². The summed E-state index contributed by atoms with van der Waals surface area (Å²) in [5.74, 6) is 0.0416. The minimum atomic E-state index is 0.0416. The van der Waals surface area contributed by atoms with E-state index in [1.54, 1.807) is 11.1 Å². The molecular formula is C11H18N4O. The van der Waals surface area contributed by atoms with Gasteiger partial charge in [0.2, 0.25) is 0 Å². The Hall–Kier alpha value is -1.36. The summed E-state index contributed by atoms with van der Waals surface area (Å²) in [5.41, 5.74) is 1.50. The van der Waals surface area contributed by atoms with E-state index in [4.69, 9.17) is 0 Å². The number of carbonyl (C=O) groups is 1. The maximum atomic E-state index is 12.1. The van der Waals surface area contributed by atoms with Crippen LogP contribution in [0.25, 0.3) is 0 Å². The maximum Gasteiger partial charge on any atom is 0.257 e. The molecule has 5 heteroatoms. The van der Waals surface area contributed by atoms with E-state index in [0.29, 0.717) is 11.6 Å². The van der Waals surface area contributed by atoms with Crippen molar-refractivity contribution in [3.05, 3.63) is 17.5 Å². The average molecular weight is 222 g/mol. The normalized spacial score (nSPS) is 20.0. The predicted molar refractivity (Wildman–Crippen MR) is 61.3 cm³/mol. The largest absolute Gasteiger partial charge is 0.340 e. The molecule has 1 saturated heterocycles. The Bertz CT molecular complexity index is 368. The molecule has 1 aliphatic rings. The number of hydrogen-bond acceptors (Lipinski definition) is 3. The highest BCUT2D eigenvalue weighted by Crippen LogP contribution is 2.10. The van der Waals surface area contributed by atoms with Crippen molar-refractivity contribution in [2.75, 3.05) is 20.1 Å². The number of aromatic amines is 1. The van der Waals surface area contributed by atoms with Gasteiger partial charge in [-0.1, -0.05) is 0 Å². The topological polar surface area (TPSA) is 61.0 Å². The van der Waals surface area contributed by atoms with Crippen molar-refractivity contribution in [1.82, 2.24) is 20.4 Å². The minimum absolute atomic E-state index is 0.0416. The van der Waals surface area contributed by atoms with Gasteiger partial charge in [0.25, 0.3) is 5.91 Å². The molecule has 1 aliphatic heterocycles. The minimum Gasteiger partial charge on any atom is -0.340 e. The van der Waals surface area contributed by atoms with Gasteiger partial charge in [0.1, 0.15) is 0 Å². The summed E-state index contributed by atoms with van der Waals surface area (Å²) in [6, 6.07) is 0.446. The molecule has 2 rings (SSSR count). The van der Waals surface area contributed by atoms with Gasteiger partial charge in [-0.15, -0.1) is 0 Å². The number of rotatable bonds is 3. The van der Waals surface area contributed by atoms with Crippen LogP contribution in [0.1, 0.15) is 28.9 Å². The van der Waals surface area contributed by atoms with E-state index < -0.39 is 0 Å². The number of likely N-dealkylation sites (N-methyl/N-ethyl adjacent to an activating group) is 1. The third-order valence-electron chi connectivity index (χ3n) is 3.06. The van der Waals surface area contributed by atoms with E-state index in [9.17, 15) is 4.79 Å². The van der Waals surface area contributed by atoms with Crippen LogP contribution in [0, 0.1) is 6.92 Å². The fourth-order valence-corrected chi connectivity index (χ4v) is 2.10. The second-order valence-corrected chi connectivity index (χ2v) is 4.39. The molecule has 5 nitrogen and oxygen atoms in total. The molecule has 1 aromatic rings. The van der Waals surface area contributed by atoms with Crippen LogP contribution in [0.3, 0.4) is 0 Å². The zero-order valence-corrected chi connectivity index (χ0v) is 9.79. The van der Waals surface area contributed by atoms with Gasteiger partial charge < -0.3 is 10.2 Å². The summed E-state index contributed by atoms with van der Waals surface area (Å²) >= 11 is 0. The fourth-order valence-electron chi connectivity index (χ4n) is 2.10. The molecule has 0 spiro atoms. The second kappa shape index (κ2) is 4.65. The molecule has 0 saturated carbocycles. The molecule has 88 valence electrons. The standard InChI is InChI=1S/C11H18N4O/c1-8-10(6-13-14-8)11(16)15(2)7-9-4-3-5-12-9/h6,9,12H,3-5,7H2,1-2H3,(H,13,14). The highest BCUT2D eigenvalue weighted by molar-refractivity contribution is 5.94. The van der Waals surface area contributed by atoms with Gasteiger partial charge in [0.05, 0.1) is 11.8 Å². The van der Waals surface area contributed by atoms with Gasteiger partial charge in [-0.3, -0.25) is 9.89 Å². The van der Waals surface area contributed by atoms with Crippen LogP contribution in [-0.4, -0.2) is 47.2 Å². The predicted octanol–water partition coefficient (Wildman–Crippen LogP) is 0.542. The summed E-state index contributed by atoms with van der Waals surface area (Å²) in [7, 11) is 1.84. The van der Waals surface area contributed by atoms with Crippen molar-refractivity contribution in [2.45, 2.75) is 25.8 Å². The quantitative estimate of drug-likeness (QED) is 0.784. The lowest BCUT2D eigenvalue weighted by Crippen LogP contribution is -2.38. The molecule has 16 heavy (non-hydrogen) atoms. The van der Waals surface area contributed by atoms with Gasteiger partial charge in [0, 0.05) is 25.3 Å². The first-order chi connectivity index (χ1) is 7.68. The summed E-state index contributed by atoms with van der Waals surface area (Å²) in [6.45, 7) is 3.70. The van der Waals surface area contributed by atoms with Gasteiger partial charge in [-0.2, -0.15) is 5.10 Å². The molecule has 1 unspecified atom stereocenters. The number of carbonyl (C=O) groups excluding carboxylic acids is 1. The van der Waals surface area contributed by atoms with E-state index in [1.165, 1.54) is 6.42 Å². The van der Waals surface area contributed by atoms with E-state index in [2.05, 4.69) is 15.5 Å². The van der Waals surface area contributed by atoms with Crippen molar-refractivity contribution >= 4 is 5.91 Å². The van der Waals surface area contributed by atoms with Crippen molar-refractivity contribution in [3.8, 4) is 0 Å². The number of nitrogens with one attached hydrogen (secondary N) is 2. The van der Waals surface area contributed by atoms with Crippen LogP contribution in [-0.2, 0) is 0 Å². The molecule has 1 aromatic heterocycles. The van der Waals surface area contributed by atoms with E-state index in [-0.39, 0.29) is 5.91 Å². The highest BCUT2D eigenvalue weighted by atomic mass is 16.2. The lowest BCUT2D eigenvalue weighted by molar-refractivity contribution is 0.0783. The smallest absolute Gasteiger partial charge is 0.257 e. The molecule has 0 aliphatic carbocycles. The Morgan fingerprint density at radius 3 is 3.06 bits per heavy atom. The Labute approximate surface area is 95.2 Å². The fraction of sp³-hybridized carbons (Fsp3) is 0.636. The zero-order chi connectivity index (χ0) is 11.5. The summed E-state index contributed by atoms with van der Waals surface area (Å²) in [4.78, 5) is 13.8. The zero-order valence-electron chi connectivity index (χ0n) is 9.79. The first-order valence-corrected chi connectivity index (χ1v) is 5.67. The number of H-pyrrole nitrogens is 1. The van der Waals surface area contributed by atoms with E-state index in [1.807, 2.05) is 14.0 Å². The number of aryl methyl sites for hydroxylation is 1. The van der Waals surface area contributed by atoms with Crippen LogP contribution in [0.2, 0.25) is 0 Å². The Balaban J connectivity index is 1.96. The van der Waals surface area contributed by atoms with Crippen molar-refractivity contribution in [1.29, 1.82) is 0 Å². The summed E-state index contributed by atoms with van der Waals surface area (Å²) in [5, 5.41) is 10.0. The monoisotopic (exact) mass is 222 g/mol. The molecule has 1 atom stereocenters. The third-order valence-corrected chi connectivity index (χ3v) is 3.06. The van der Waals surface area contributed by atoms with Gasteiger partial charge in [-0.05, 0) is 26.3 Å². The Kier molecular flexibility index (Phi) is 3.24.